The van der Waals surface area contributed by atoms with Crippen LogP contribution in [0.5, 0.6) is 0 Å². The van der Waals surface area contributed by atoms with Crippen molar-refractivity contribution in [3.8, 4) is 0 Å². The molecule has 2 fully saturated rings. The molecule has 2 N–H and O–H groups in total. The van der Waals surface area contributed by atoms with Gasteiger partial charge in [0, 0.05) is 22.7 Å². The van der Waals surface area contributed by atoms with Crippen LogP contribution >= 0.6 is 11.9 Å². The molecule has 0 saturated heterocycles. The molecule has 2 atom stereocenters. The number of hydrogen-bond acceptors (Lipinski definition) is 6. The van der Waals surface area contributed by atoms with Crippen LogP contribution in [0, 0.1) is 11.7 Å². The molecule has 1 aromatic heterocycles. The van der Waals surface area contributed by atoms with Gasteiger partial charge in [-0.3, -0.25) is 14.4 Å². The highest BCUT2D eigenvalue weighted by Gasteiger charge is 2.61. The first-order chi connectivity index (χ1) is 14.0. The first-order valence-electron chi connectivity index (χ1n) is 10.1. The Morgan fingerprint density at radius 2 is 2.14 bits per heavy atom. The number of benzene rings is 1. The van der Waals surface area contributed by atoms with Gasteiger partial charge in [-0.1, -0.05) is 13.3 Å². The fourth-order valence-electron chi connectivity index (χ4n) is 4.72. The molecular weight excluding hydrogens is 389 g/mol. The third-order valence-electron chi connectivity index (χ3n) is 6.45. The zero-order valence-electron chi connectivity index (χ0n) is 16.5. The summed E-state index contributed by atoms with van der Waals surface area (Å²) in [6, 6.07) is 5.16. The Kier molecular flexibility index (Phi) is 4.51. The Morgan fingerprint density at radius 3 is 2.79 bits per heavy atom. The number of amides is 1. The van der Waals surface area contributed by atoms with E-state index in [2.05, 4.69) is 21.9 Å². The summed E-state index contributed by atoms with van der Waals surface area (Å²) in [6.45, 7) is 2.21. The average Bonchev–Trinajstić information content (AvgIpc) is 3.35. The van der Waals surface area contributed by atoms with Crippen LogP contribution in [0.1, 0.15) is 44.6 Å². The standard InChI is InChI=1S/C21H24FN5OS/c1-12-4-3-5-17(12)27-18-14(21(8-9-21)19(27)28)11-24-20(26-18)25-16-7-6-13(29-23-2)10-15(16)22/h6-7,10-12,17,23H,3-5,8-9H2,1-2H3,(H,24,25,26). The van der Waals surface area contributed by atoms with Gasteiger partial charge < -0.3 is 5.32 Å². The van der Waals surface area contributed by atoms with E-state index in [1.54, 1.807) is 19.3 Å². The van der Waals surface area contributed by atoms with Crippen LogP contribution in [-0.2, 0) is 10.2 Å². The average molecular weight is 414 g/mol. The molecule has 5 rings (SSSR count). The summed E-state index contributed by atoms with van der Waals surface area (Å²) in [7, 11) is 1.79. The van der Waals surface area contributed by atoms with Crippen molar-refractivity contribution in [1.82, 2.24) is 14.7 Å². The largest absolute Gasteiger partial charge is 0.322 e. The number of rotatable bonds is 5. The van der Waals surface area contributed by atoms with Gasteiger partial charge in [0.05, 0.1) is 11.1 Å². The van der Waals surface area contributed by atoms with Crippen LogP contribution in [0.25, 0.3) is 0 Å². The van der Waals surface area contributed by atoms with Gasteiger partial charge in [0.1, 0.15) is 11.6 Å². The summed E-state index contributed by atoms with van der Waals surface area (Å²) in [5.41, 5.74) is 0.845. The molecule has 6 nitrogen and oxygen atoms in total. The zero-order valence-corrected chi connectivity index (χ0v) is 17.4. The molecule has 2 heterocycles. The number of hydrogen-bond donors (Lipinski definition) is 2. The van der Waals surface area contributed by atoms with E-state index in [-0.39, 0.29) is 17.8 Å². The molecule has 29 heavy (non-hydrogen) atoms. The first-order valence-corrected chi connectivity index (χ1v) is 11.0. The molecule has 3 aliphatic rings. The maximum atomic E-state index is 14.5. The van der Waals surface area contributed by atoms with Crippen LogP contribution in [0.15, 0.2) is 29.3 Å². The fourth-order valence-corrected chi connectivity index (χ4v) is 5.25. The number of nitrogens with one attached hydrogen (secondary N) is 2. The summed E-state index contributed by atoms with van der Waals surface area (Å²) >= 11 is 1.35. The number of carbonyl (C=O) groups excluding carboxylic acids is 1. The van der Waals surface area contributed by atoms with Crippen LogP contribution in [0.4, 0.5) is 21.8 Å². The van der Waals surface area contributed by atoms with Crippen molar-refractivity contribution in [1.29, 1.82) is 0 Å². The number of anilines is 3. The third-order valence-corrected chi connectivity index (χ3v) is 7.14. The molecule has 1 amide bonds. The van der Waals surface area contributed by atoms with Crippen molar-refractivity contribution in [2.45, 2.75) is 55.4 Å². The van der Waals surface area contributed by atoms with Crippen molar-refractivity contribution >= 4 is 35.3 Å². The van der Waals surface area contributed by atoms with Gasteiger partial charge >= 0.3 is 0 Å². The van der Waals surface area contributed by atoms with Crippen LogP contribution < -0.4 is 14.9 Å². The van der Waals surface area contributed by atoms with Crippen molar-refractivity contribution < 1.29 is 9.18 Å². The Bertz CT molecular complexity index is 980. The van der Waals surface area contributed by atoms with Crippen molar-refractivity contribution in [3.05, 3.63) is 35.8 Å². The van der Waals surface area contributed by atoms with E-state index in [0.29, 0.717) is 23.4 Å². The Hall–Kier alpha value is -2.19. The van der Waals surface area contributed by atoms with E-state index >= 15 is 0 Å². The highest BCUT2D eigenvalue weighted by Crippen LogP contribution is 2.58. The van der Waals surface area contributed by atoms with Crippen molar-refractivity contribution in [2.75, 3.05) is 17.3 Å². The fraction of sp³-hybridized carbons (Fsp3) is 0.476. The SMILES string of the molecule is CNSc1ccc(Nc2ncc3c(n2)N(C2CCCC2C)C(=O)C32CC2)c(F)c1. The van der Waals surface area contributed by atoms with Gasteiger partial charge in [0.15, 0.2) is 0 Å². The molecule has 2 unspecified atom stereocenters. The minimum absolute atomic E-state index is 0.178. The number of fused-ring (bicyclic) bond motifs is 2. The molecule has 2 aromatic rings. The highest BCUT2D eigenvalue weighted by molar-refractivity contribution is 7.97. The van der Waals surface area contributed by atoms with Crippen LogP contribution in [-0.4, -0.2) is 29.0 Å². The monoisotopic (exact) mass is 413 g/mol. The molecule has 0 radical (unpaired) electrons. The van der Waals surface area contributed by atoms with Gasteiger partial charge in [-0.15, -0.1) is 0 Å². The van der Waals surface area contributed by atoms with E-state index in [0.717, 1.165) is 42.6 Å². The molecule has 152 valence electrons. The molecule has 8 heteroatoms. The lowest BCUT2D eigenvalue weighted by Crippen LogP contribution is -2.42. The number of nitrogens with zero attached hydrogens (tertiary/aromatic N) is 3. The lowest BCUT2D eigenvalue weighted by atomic mass is 10.0. The second kappa shape index (κ2) is 6.95. The van der Waals surface area contributed by atoms with Crippen LogP contribution in [0.3, 0.4) is 0 Å². The Labute approximate surface area is 173 Å². The Morgan fingerprint density at radius 1 is 1.31 bits per heavy atom. The van der Waals surface area contributed by atoms with Gasteiger partial charge in [-0.2, -0.15) is 4.98 Å². The van der Waals surface area contributed by atoms with Gasteiger partial charge in [-0.05, 0) is 68.8 Å². The lowest BCUT2D eigenvalue weighted by molar-refractivity contribution is -0.120. The minimum atomic E-state index is -0.409. The summed E-state index contributed by atoms with van der Waals surface area (Å²) in [4.78, 5) is 25.1. The van der Waals surface area contributed by atoms with Crippen molar-refractivity contribution in [3.63, 3.8) is 0 Å². The summed E-state index contributed by atoms with van der Waals surface area (Å²) in [5.74, 6) is 1.30. The lowest BCUT2D eigenvalue weighted by Gasteiger charge is -2.28. The predicted octanol–water partition coefficient (Wildman–Crippen LogP) is 4.15. The Balaban J connectivity index is 1.48. The minimum Gasteiger partial charge on any atom is -0.322 e. The second-order valence-corrected chi connectivity index (χ2v) is 9.32. The van der Waals surface area contributed by atoms with E-state index < -0.39 is 5.41 Å². The van der Waals surface area contributed by atoms with E-state index in [4.69, 9.17) is 4.98 Å². The maximum Gasteiger partial charge on any atom is 0.239 e. The number of carbonyl (C=O) groups is 1. The van der Waals surface area contributed by atoms with Gasteiger partial charge in [-0.25, -0.2) is 9.37 Å². The zero-order chi connectivity index (χ0) is 20.2. The van der Waals surface area contributed by atoms with Gasteiger partial charge in [0.2, 0.25) is 11.9 Å². The van der Waals surface area contributed by atoms with Crippen molar-refractivity contribution in [2.24, 2.45) is 5.92 Å². The third kappa shape index (κ3) is 3.00. The molecule has 1 spiro atoms. The molecule has 1 aromatic carbocycles. The normalized spacial score (nSPS) is 24.2. The topological polar surface area (TPSA) is 70.2 Å². The molecule has 1 aliphatic heterocycles. The van der Waals surface area contributed by atoms with E-state index in [1.165, 1.54) is 18.0 Å². The van der Waals surface area contributed by atoms with E-state index in [1.807, 2.05) is 11.0 Å². The number of halogens is 1. The smallest absolute Gasteiger partial charge is 0.239 e. The molecule has 2 saturated carbocycles. The second-order valence-electron chi connectivity index (χ2n) is 8.24. The first kappa shape index (κ1) is 18.8. The molecular formula is C21H24FN5OS. The summed E-state index contributed by atoms with van der Waals surface area (Å²) in [5, 5.41) is 2.99. The summed E-state index contributed by atoms with van der Waals surface area (Å²) in [6.07, 6.45) is 6.77. The summed E-state index contributed by atoms with van der Waals surface area (Å²) < 4.78 is 17.4. The van der Waals surface area contributed by atoms with Gasteiger partial charge in [0.25, 0.3) is 0 Å². The quantitative estimate of drug-likeness (QED) is 0.718. The maximum absolute atomic E-state index is 14.5. The molecule has 0 bridgehead atoms. The molecule has 2 aliphatic carbocycles. The predicted molar refractivity (Wildman–Crippen MR) is 112 cm³/mol. The number of aromatic nitrogens is 2. The van der Waals surface area contributed by atoms with Crippen LogP contribution in [0.2, 0.25) is 0 Å². The highest BCUT2D eigenvalue weighted by atomic mass is 32.2. The van der Waals surface area contributed by atoms with E-state index in [9.17, 15) is 9.18 Å².